The van der Waals surface area contributed by atoms with Gasteiger partial charge in [-0.25, -0.2) is 0 Å². The zero-order valence-electron chi connectivity index (χ0n) is 16.4. The summed E-state index contributed by atoms with van der Waals surface area (Å²) in [6, 6.07) is 17.4. The highest BCUT2D eigenvalue weighted by atomic mass is 16.5. The van der Waals surface area contributed by atoms with Gasteiger partial charge in [-0.1, -0.05) is 48.0 Å². The minimum Gasteiger partial charge on any atom is -0.484 e. The summed E-state index contributed by atoms with van der Waals surface area (Å²) in [5.41, 5.74) is 2.20. The van der Waals surface area contributed by atoms with Crippen LogP contribution in [-0.4, -0.2) is 43.0 Å². The Kier molecular flexibility index (Phi) is 7.06. The van der Waals surface area contributed by atoms with Gasteiger partial charge in [0, 0.05) is 19.6 Å². The van der Waals surface area contributed by atoms with E-state index in [2.05, 4.69) is 5.32 Å². The van der Waals surface area contributed by atoms with Crippen molar-refractivity contribution < 1.29 is 14.3 Å². The van der Waals surface area contributed by atoms with E-state index in [1.807, 2.05) is 66.4 Å². The largest absolute Gasteiger partial charge is 0.484 e. The highest BCUT2D eigenvalue weighted by Gasteiger charge is 2.23. The van der Waals surface area contributed by atoms with E-state index >= 15 is 0 Å². The second-order valence-corrected chi connectivity index (χ2v) is 7.40. The first-order chi connectivity index (χ1) is 13.6. The standard InChI is InChI=1S/C23H28N2O3/c1-18-6-5-7-20(14-18)15-22(26)24-16-19-10-12-25(13-11-19)23(27)17-28-21-8-3-2-4-9-21/h2-9,14,19H,10-13,15-17H2,1H3,(H,24,26). The van der Waals surface area contributed by atoms with Crippen LogP contribution in [0, 0.1) is 12.8 Å². The summed E-state index contributed by atoms with van der Waals surface area (Å²) in [7, 11) is 0. The molecule has 3 rings (SSSR count). The SMILES string of the molecule is Cc1cccc(CC(=O)NCC2CCN(C(=O)COc3ccccc3)CC2)c1. The van der Waals surface area contributed by atoms with Gasteiger partial charge in [-0.05, 0) is 43.4 Å². The maximum absolute atomic E-state index is 12.3. The van der Waals surface area contributed by atoms with Crippen molar-refractivity contribution in [3.8, 4) is 5.75 Å². The molecule has 148 valence electrons. The van der Waals surface area contributed by atoms with E-state index in [9.17, 15) is 9.59 Å². The van der Waals surface area contributed by atoms with Crippen molar-refractivity contribution in [3.63, 3.8) is 0 Å². The molecule has 0 aromatic heterocycles. The van der Waals surface area contributed by atoms with Crippen LogP contribution in [0.4, 0.5) is 0 Å². The van der Waals surface area contributed by atoms with Gasteiger partial charge in [-0.3, -0.25) is 9.59 Å². The van der Waals surface area contributed by atoms with Crippen LogP contribution < -0.4 is 10.1 Å². The number of carbonyl (C=O) groups excluding carboxylic acids is 2. The monoisotopic (exact) mass is 380 g/mol. The summed E-state index contributed by atoms with van der Waals surface area (Å²) < 4.78 is 5.54. The van der Waals surface area contributed by atoms with Crippen LogP contribution in [0.15, 0.2) is 54.6 Å². The Morgan fingerprint density at radius 1 is 1.07 bits per heavy atom. The lowest BCUT2D eigenvalue weighted by molar-refractivity contribution is -0.135. The van der Waals surface area contributed by atoms with E-state index in [0.29, 0.717) is 24.6 Å². The summed E-state index contributed by atoms with van der Waals surface area (Å²) in [5, 5.41) is 3.04. The number of rotatable bonds is 7. The molecule has 1 aliphatic heterocycles. The number of hydrogen-bond donors (Lipinski definition) is 1. The molecule has 1 N–H and O–H groups in total. The lowest BCUT2D eigenvalue weighted by Gasteiger charge is -2.32. The molecule has 0 aliphatic carbocycles. The topological polar surface area (TPSA) is 58.6 Å². The number of carbonyl (C=O) groups is 2. The smallest absolute Gasteiger partial charge is 0.260 e. The molecule has 28 heavy (non-hydrogen) atoms. The molecule has 2 amide bonds. The van der Waals surface area contributed by atoms with Crippen molar-refractivity contribution in [1.29, 1.82) is 0 Å². The van der Waals surface area contributed by atoms with Gasteiger partial charge in [0.25, 0.3) is 5.91 Å². The summed E-state index contributed by atoms with van der Waals surface area (Å²) in [6.07, 6.45) is 2.22. The normalized spacial score (nSPS) is 14.5. The first-order valence-electron chi connectivity index (χ1n) is 9.88. The van der Waals surface area contributed by atoms with Gasteiger partial charge < -0.3 is 15.0 Å². The van der Waals surface area contributed by atoms with Crippen LogP contribution >= 0.6 is 0 Å². The first kappa shape index (κ1) is 19.9. The second-order valence-electron chi connectivity index (χ2n) is 7.40. The molecule has 0 atom stereocenters. The number of nitrogens with zero attached hydrogens (tertiary/aromatic N) is 1. The fraction of sp³-hybridized carbons (Fsp3) is 0.391. The molecule has 1 fully saturated rings. The molecule has 1 aliphatic rings. The minimum absolute atomic E-state index is 0.0192. The summed E-state index contributed by atoms with van der Waals surface area (Å²) in [6.45, 7) is 4.21. The molecular formula is C23H28N2O3. The predicted molar refractivity (Wildman–Crippen MR) is 109 cm³/mol. The van der Waals surface area contributed by atoms with E-state index in [1.54, 1.807) is 0 Å². The molecule has 1 heterocycles. The van der Waals surface area contributed by atoms with E-state index in [1.165, 1.54) is 5.56 Å². The predicted octanol–water partition coefficient (Wildman–Crippen LogP) is 2.97. The van der Waals surface area contributed by atoms with Crippen LogP contribution in [0.3, 0.4) is 0 Å². The third kappa shape index (κ3) is 6.12. The van der Waals surface area contributed by atoms with Gasteiger partial charge in [0.15, 0.2) is 6.61 Å². The van der Waals surface area contributed by atoms with Gasteiger partial charge >= 0.3 is 0 Å². The van der Waals surface area contributed by atoms with Crippen molar-refractivity contribution in [1.82, 2.24) is 10.2 Å². The van der Waals surface area contributed by atoms with Crippen LogP contribution in [0.2, 0.25) is 0 Å². The number of likely N-dealkylation sites (tertiary alicyclic amines) is 1. The van der Waals surface area contributed by atoms with Crippen LogP contribution in [-0.2, 0) is 16.0 Å². The average molecular weight is 380 g/mol. The third-order valence-electron chi connectivity index (χ3n) is 5.11. The molecule has 0 unspecified atom stereocenters. The Bertz CT molecular complexity index is 783. The molecule has 1 saturated heterocycles. The van der Waals surface area contributed by atoms with E-state index in [4.69, 9.17) is 4.74 Å². The van der Waals surface area contributed by atoms with Crippen molar-refractivity contribution in [3.05, 3.63) is 65.7 Å². The molecule has 0 bridgehead atoms. The fourth-order valence-electron chi connectivity index (χ4n) is 3.47. The molecular weight excluding hydrogens is 352 g/mol. The molecule has 5 heteroatoms. The fourth-order valence-corrected chi connectivity index (χ4v) is 3.47. The van der Waals surface area contributed by atoms with Gasteiger partial charge in [-0.15, -0.1) is 0 Å². The van der Waals surface area contributed by atoms with E-state index in [-0.39, 0.29) is 18.4 Å². The average Bonchev–Trinajstić information content (AvgIpc) is 2.72. The van der Waals surface area contributed by atoms with E-state index < -0.39 is 0 Å². The third-order valence-corrected chi connectivity index (χ3v) is 5.11. The Hall–Kier alpha value is -2.82. The van der Waals surface area contributed by atoms with Crippen LogP contribution in [0.5, 0.6) is 5.75 Å². The van der Waals surface area contributed by atoms with Crippen molar-refractivity contribution in [2.24, 2.45) is 5.92 Å². The Labute approximate surface area is 166 Å². The number of hydrogen-bond acceptors (Lipinski definition) is 3. The number of amides is 2. The Morgan fingerprint density at radius 3 is 2.54 bits per heavy atom. The van der Waals surface area contributed by atoms with Crippen molar-refractivity contribution >= 4 is 11.8 Å². The summed E-state index contributed by atoms with van der Waals surface area (Å²) in [4.78, 5) is 26.3. The zero-order valence-corrected chi connectivity index (χ0v) is 16.4. The van der Waals surface area contributed by atoms with Crippen LogP contribution in [0.25, 0.3) is 0 Å². The Balaban J connectivity index is 1.34. The van der Waals surface area contributed by atoms with Gasteiger partial charge in [-0.2, -0.15) is 0 Å². The second kappa shape index (κ2) is 9.93. The number of aryl methyl sites for hydroxylation is 1. The lowest BCUT2D eigenvalue weighted by atomic mass is 9.96. The molecule has 2 aromatic carbocycles. The van der Waals surface area contributed by atoms with Gasteiger partial charge in [0.2, 0.25) is 5.91 Å². The Morgan fingerprint density at radius 2 is 1.82 bits per heavy atom. The number of nitrogens with one attached hydrogen (secondary N) is 1. The minimum atomic E-state index is 0.0192. The van der Waals surface area contributed by atoms with Gasteiger partial charge in [0.05, 0.1) is 6.42 Å². The number of piperidine rings is 1. The summed E-state index contributed by atoms with van der Waals surface area (Å²) in [5.74, 6) is 1.20. The van der Waals surface area contributed by atoms with Gasteiger partial charge in [0.1, 0.15) is 5.75 Å². The van der Waals surface area contributed by atoms with E-state index in [0.717, 1.165) is 31.5 Å². The van der Waals surface area contributed by atoms with Crippen molar-refractivity contribution in [2.45, 2.75) is 26.2 Å². The molecule has 0 radical (unpaired) electrons. The molecule has 0 saturated carbocycles. The number of ether oxygens (including phenoxy) is 1. The van der Waals surface area contributed by atoms with Crippen LogP contribution in [0.1, 0.15) is 24.0 Å². The number of benzene rings is 2. The van der Waals surface area contributed by atoms with Crippen molar-refractivity contribution in [2.75, 3.05) is 26.2 Å². The highest BCUT2D eigenvalue weighted by molar-refractivity contribution is 5.79. The molecule has 5 nitrogen and oxygen atoms in total. The maximum Gasteiger partial charge on any atom is 0.260 e. The molecule has 0 spiro atoms. The molecule has 2 aromatic rings. The quantitative estimate of drug-likeness (QED) is 0.803. The summed E-state index contributed by atoms with van der Waals surface area (Å²) >= 11 is 0. The number of para-hydroxylation sites is 1. The lowest BCUT2D eigenvalue weighted by Crippen LogP contribution is -2.43. The highest BCUT2D eigenvalue weighted by Crippen LogP contribution is 2.17. The zero-order chi connectivity index (χ0) is 19.8. The first-order valence-corrected chi connectivity index (χ1v) is 9.88. The maximum atomic E-state index is 12.3.